The summed E-state index contributed by atoms with van der Waals surface area (Å²) in [6.07, 6.45) is 4.04. The Morgan fingerprint density at radius 1 is 1.05 bits per heavy atom. The second-order valence-electron chi connectivity index (χ2n) is 4.12. The summed E-state index contributed by atoms with van der Waals surface area (Å²) in [5.41, 5.74) is 1.03. The van der Waals surface area contributed by atoms with Crippen LogP contribution < -0.4 is 0 Å². The number of thioether (sulfide) groups is 1. The van der Waals surface area contributed by atoms with Gasteiger partial charge in [-0.15, -0.1) is 23.1 Å². The van der Waals surface area contributed by atoms with Gasteiger partial charge in [-0.05, 0) is 35.9 Å². The van der Waals surface area contributed by atoms with E-state index in [2.05, 4.69) is 53.7 Å². The molecular weight excluding hydrogens is 270 g/mol. The van der Waals surface area contributed by atoms with Gasteiger partial charge in [-0.25, -0.2) is 0 Å². The largest absolute Gasteiger partial charge is 0.254 e. The molecule has 0 bridgehead atoms. The Labute approximate surface area is 121 Å². The normalized spacial score (nSPS) is 11.4. The highest BCUT2D eigenvalue weighted by Crippen LogP contribution is 2.28. The van der Waals surface area contributed by atoms with Gasteiger partial charge in [0.05, 0.1) is 5.69 Å². The van der Waals surface area contributed by atoms with E-state index in [1.54, 1.807) is 23.1 Å². The van der Waals surface area contributed by atoms with E-state index in [1.165, 1.54) is 19.9 Å². The van der Waals surface area contributed by atoms with Gasteiger partial charge in [0.15, 0.2) is 0 Å². The summed E-state index contributed by atoms with van der Waals surface area (Å²) < 4.78 is 1.31. The van der Waals surface area contributed by atoms with E-state index in [4.69, 9.17) is 0 Å². The van der Waals surface area contributed by atoms with Gasteiger partial charge in [0.25, 0.3) is 0 Å². The summed E-state index contributed by atoms with van der Waals surface area (Å²) in [6, 6.07) is 18.8. The van der Waals surface area contributed by atoms with Crippen LogP contribution in [0.4, 0.5) is 5.69 Å². The van der Waals surface area contributed by atoms with Gasteiger partial charge >= 0.3 is 0 Å². The number of hydrogen-bond acceptors (Lipinski definition) is 3. The molecule has 0 N–H and O–H groups in total. The maximum Gasteiger partial charge on any atom is 0.0765 e. The Hall–Kier alpha value is -1.58. The first-order chi connectivity index (χ1) is 9.36. The predicted molar refractivity (Wildman–Crippen MR) is 87.3 cm³/mol. The Balaban J connectivity index is 1.93. The lowest BCUT2D eigenvalue weighted by atomic mass is 10.2. The number of aliphatic imine (C=N–C) groups is 1. The Bertz CT molecular complexity index is 695. The van der Waals surface area contributed by atoms with Crippen molar-refractivity contribution >= 4 is 45.1 Å². The van der Waals surface area contributed by atoms with Gasteiger partial charge in [-0.1, -0.05) is 30.3 Å². The summed E-state index contributed by atoms with van der Waals surface area (Å²) in [4.78, 5) is 7.01. The molecule has 19 heavy (non-hydrogen) atoms. The summed E-state index contributed by atoms with van der Waals surface area (Å²) in [6.45, 7) is 0. The van der Waals surface area contributed by atoms with Crippen LogP contribution in [0.1, 0.15) is 4.88 Å². The molecule has 2 aromatic carbocycles. The second-order valence-corrected chi connectivity index (χ2v) is 6.08. The third-order valence-corrected chi connectivity index (χ3v) is 4.70. The third kappa shape index (κ3) is 2.72. The number of benzene rings is 2. The smallest absolute Gasteiger partial charge is 0.0765 e. The van der Waals surface area contributed by atoms with Gasteiger partial charge in [0, 0.05) is 20.7 Å². The molecule has 0 amide bonds. The van der Waals surface area contributed by atoms with Crippen LogP contribution in [0.15, 0.2) is 64.5 Å². The minimum Gasteiger partial charge on any atom is -0.254 e. The van der Waals surface area contributed by atoms with Crippen molar-refractivity contribution in [1.29, 1.82) is 0 Å². The predicted octanol–water partition coefficient (Wildman–Crippen LogP) is 5.37. The van der Waals surface area contributed by atoms with Crippen LogP contribution in [-0.2, 0) is 0 Å². The molecular formula is C16H13NS2. The van der Waals surface area contributed by atoms with Crippen LogP contribution in [0.2, 0.25) is 0 Å². The highest BCUT2D eigenvalue weighted by Gasteiger charge is 2.00. The molecule has 0 aliphatic rings. The monoisotopic (exact) mass is 283 g/mol. The Kier molecular flexibility index (Phi) is 3.67. The molecule has 0 aliphatic carbocycles. The van der Waals surface area contributed by atoms with Crippen molar-refractivity contribution < 1.29 is 0 Å². The van der Waals surface area contributed by atoms with Crippen molar-refractivity contribution in [2.24, 2.45) is 4.99 Å². The number of para-hydroxylation sites is 1. The molecule has 0 unspecified atom stereocenters. The van der Waals surface area contributed by atoms with Crippen molar-refractivity contribution in [3.8, 4) is 0 Å². The first-order valence-electron chi connectivity index (χ1n) is 6.02. The zero-order chi connectivity index (χ0) is 13.1. The fourth-order valence-electron chi connectivity index (χ4n) is 1.94. The summed E-state index contributed by atoms with van der Waals surface area (Å²) >= 11 is 3.50. The average Bonchev–Trinajstić information content (AvgIpc) is 2.88. The van der Waals surface area contributed by atoms with E-state index in [0.29, 0.717) is 0 Å². The zero-order valence-electron chi connectivity index (χ0n) is 10.5. The molecule has 3 aromatic rings. The van der Waals surface area contributed by atoms with Gasteiger partial charge in [0.1, 0.15) is 0 Å². The summed E-state index contributed by atoms with van der Waals surface area (Å²) in [7, 11) is 0. The quantitative estimate of drug-likeness (QED) is 0.465. The molecule has 0 fully saturated rings. The van der Waals surface area contributed by atoms with Gasteiger partial charge < -0.3 is 0 Å². The molecule has 94 valence electrons. The molecule has 3 heteroatoms. The number of thiophene rings is 1. The molecule has 0 spiro atoms. The van der Waals surface area contributed by atoms with Crippen molar-refractivity contribution in [1.82, 2.24) is 0 Å². The summed E-state index contributed by atoms with van der Waals surface area (Å²) in [5.74, 6) is 0. The highest BCUT2D eigenvalue weighted by molar-refractivity contribution is 7.98. The van der Waals surface area contributed by atoms with Crippen molar-refractivity contribution in [2.45, 2.75) is 4.90 Å². The van der Waals surface area contributed by atoms with Crippen LogP contribution in [0.5, 0.6) is 0 Å². The van der Waals surface area contributed by atoms with E-state index in [-0.39, 0.29) is 0 Å². The Morgan fingerprint density at radius 2 is 1.84 bits per heavy atom. The first kappa shape index (κ1) is 12.5. The molecule has 3 rings (SSSR count). The lowest BCUT2D eigenvalue weighted by Crippen LogP contribution is -1.75. The standard InChI is InChI=1S/C16H13NS2/c1-18-16-9-5-3-7-14(16)17-11-13-10-12-6-2-4-8-15(12)19-13/h2-11H,1H3. The molecule has 1 nitrogen and oxygen atoms in total. The first-order valence-corrected chi connectivity index (χ1v) is 8.06. The summed E-state index contributed by atoms with van der Waals surface area (Å²) in [5, 5.41) is 1.28. The van der Waals surface area contributed by atoms with Gasteiger partial charge in [-0.2, -0.15) is 0 Å². The number of fused-ring (bicyclic) bond motifs is 1. The van der Waals surface area contributed by atoms with Crippen LogP contribution in [0.25, 0.3) is 10.1 Å². The molecule has 0 saturated heterocycles. The second kappa shape index (κ2) is 5.59. The zero-order valence-corrected chi connectivity index (χ0v) is 12.2. The van der Waals surface area contributed by atoms with E-state index in [1.807, 2.05) is 18.3 Å². The van der Waals surface area contributed by atoms with Crippen LogP contribution in [-0.4, -0.2) is 12.5 Å². The number of nitrogens with zero attached hydrogens (tertiary/aromatic N) is 1. The highest BCUT2D eigenvalue weighted by atomic mass is 32.2. The minimum atomic E-state index is 1.03. The van der Waals surface area contributed by atoms with E-state index >= 15 is 0 Å². The lowest BCUT2D eigenvalue weighted by Gasteiger charge is -1.99. The lowest BCUT2D eigenvalue weighted by molar-refractivity contribution is 1.39. The van der Waals surface area contributed by atoms with Crippen molar-refractivity contribution in [3.63, 3.8) is 0 Å². The third-order valence-electron chi connectivity index (χ3n) is 2.86. The maximum atomic E-state index is 4.61. The minimum absolute atomic E-state index is 1.03. The molecule has 0 radical (unpaired) electrons. The van der Waals surface area contributed by atoms with E-state index < -0.39 is 0 Å². The number of rotatable bonds is 3. The van der Waals surface area contributed by atoms with Crippen LogP contribution in [0.3, 0.4) is 0 Å². The fraction of sp³-hybridized carbons (Fsp3) is 0.0625. The van der Waals surface area contributed by atoms with Gasteiger partial charge in [-0.3, -0.25) is 4.99 Å². The Morgan fingerprint density at radius 3 is 2.68 bits per heavy atom. The number of hydrogen-bond donors (Lipinski definition) is 0. The molecule has 0 atom stereocenters. The van der Waals surface area contributed by atoms with E-state index in [9.17, 15) is 0 Å². The topological polar surface area (TPSA) is 12.4 Å². The van der Waals surface area contributed by atoms with Gasteiger partial charge in [0.2, 0.25) is 0 Å². The van der Waals surface area contributed by atoms with Crippen LogP contribution in [0, 0.1) is 0 Å². The average molecular weight is 283 g/mol. The van der Waals surface area contributed by atoms with Crippen LogP contribution >= 0.6 is 23.1 Å². The van der Waals surface area contributed by atoms with E-state index in [0.717, 1.165) is 5.69 Å². The molecule has 1 aromatic heterocycles. The van der Waals surface area contributed by atoms with Crippen molar-refractivity contribution in [3.05, 3.63) is 59.5 Å². The molecule has 0 saturated carbocycles. The fourth-order valence-corrected chi connectivity index (χ4v) is 3.42. The van der Waals surface area contributed by atoms with Crippen molar-refractivity contribution in [2.75, 3.05) is 6.26 Å². The molecule has 1 heterocycles. The SMILES string of the molecule is CSc1ccccc1N=Cc1cc2ccccc2s1. The maximum absolute atomic E-state index is 4.61. The molecule has 0 aliphatic heterocycles.